The van der Waals surface area contributed by atoms with Crippen molar-refractivity contribution in [2.45, 2.75) is 6.92 Å². The normalized spacial score (nSPS) is 11.6. The van der Waals surface area contributed by atoms with Gasteiger partial charge >= 0.3 is 5.97 Å². The summed E-state index contributed by atoms with van der Waals surface area (Å²) in [5.41, 5.74) is 1.14. The number of benzene rings is 1. The van der Waals surface area contributed by atoms with Crippen LogP contribution < -0.4 is 5.32 Å². The van der Waals surface area contributed by atoms with E-state index in [1.807, 2.05) is 6.07 Å². The highest BCUT2D eigenvalue weighted by molar-refractivity contribution is 9.10. The standard InChI is InChI=1S/C11H11BrN2O2/c1-7(11(15)16)6-14-10-3-2-9(12)4-8(10)5-13/h2-4,7,14H,6H2,1H3,(H,15,16). The molecule has 4 nitrogen and oxygen atoms in total. The third-order valence-corrected chi connectivity index (χ3v) is 2.62. The zero-order valence-corrected chi connectivity index (χ0v) is 10.3. The minimum Gasteiger partial charge on any atom is -0.481 e. The number of nitrogens with zero attached hydrogens (tertiary/aromatic N) is 1. The lowest BCUT2D eigenvalue weighted by atomic mass is 10.1. The van der Waals surface area contributed by atoms with Crippen molar-refractivity contribution in [2.75, 3.05) is 11.9 Å². The first-order valence-corrected chi connectivity index (χ1v) is 5.50. The molecule has 0 aliphatic heterocycles. The van der Waals surface area contributed by atoms with Crippen molar-refractivity contribution in [2.24, 2.45) is 5.92 Å². The molecule has 0 bridgehead atoms. The van der Waals surface area contributed by atoms with Gasteiger partial charge in [-0.15, -0.1) is 0 Å². The molecule has 5 heteroatoms. The number of carboxylic acids is 1. The molecule has 0 saturated carbocycles. The Kier molecular flexibility index (Phi) is 4.32. The molecule has 0 fully saturated rings. The van der Waals surface area contributed by atoms with Crippen molar-refractivity contribution in [1.82, 2.24) is 0 Å². The first-order valence-electron chi connectivity index (χ1n) is 4.71. The molecule has 0 amide bonds. The number of anilines is 1. The number of hydrogen-bond acceptors (Lipinski definition) is 3. The van der Waals surface area contributed by atoms with Crippen LogP contribution in [0.1, 0.15) is 12.5 Å². The molecule has 1 rings (SSSR count). The van der Waals surface area contributed by atoms with Crippen LogP contribution in [0.25, 0.3) is 0 Å². The minimum atomic E-state index is -0.858. The third-order valence-electron chi connectivity index (χ3n) is 2.12. The van der Waals surface area contributed by atoms with Crippen LogP contribution in [0.5, 0.6) is 0 Å². The number of hydrogen-bond donors (Lipinski definition) is 2. The maximum absolute atomic E-state index is 10.6. The summed E-state index contributed by atoms with van der Waals surface area (Å²) in [6.45, 7) is 1.91. The summed E-state index contributed by atoms with van der Waals surface area (Å²) in [6, 6.07) is 7.29. The molecule has 0 aromatic heterocycles. The van der Waals surface area contributed by atoms with E-state index in [9.17, 15) is 4.79 Å². The number of aliphatic carboxylic acids is 1. The van der Waals surface area contributed by atoms with E-state index < -0.39 is 11.9 Å². The largest absolute Gasteiger partial charge is 0.481 e. The predicted molar refractivity (Wildman–Crippen MR) is 64.1 cm³/mol. The van der Waals surface area contributed by atoms with Gasteiger partial charge in [0.1, 0.15) is 6.07 Å². The van der Waals surface area contributed by atoms with Crippen LogP contribution in [0.4, 0.5) is 5.69 Å². The van der Waals surface area contributed by atoms with Gasteiger partial charge in [0.15, 0.2) is 0 Å². The number of carbonyl (C=O) groups is 1. The lowest BCUT2D eigenvalue weighted by Crippen LogP contribution is -2.19. The summed E-state index contributed by atoms with van der Waals surface area (Å²) in [7, 11) is 0. The molecule has 0 saturated heterocycles. The summed E-state index contributed by atoms with van der Waals surface area (Å²) in [6.07, 6.45) is 0. The second kappa shape index (κ2) is 5.52. The topological polar surface area (TPSA) is 73.1 Å². The highest BCUT2D eigenvalue weighted by Gasteiger charge is 2.11. The van der Waals surface area contributed by atoms with Gasteiger partial charge in [0.2, 0.25) is 0 Å². The Morgan fingerprint density at radius 2 is 2.38 bits per heavy atom. The number of rotatable bonds is 4. The van der Waals surface area contributed by atoms with Gasteiger partial charge in [-0.3, -0.25) is 4.79 Å². The van der Waals surface area contributed by atoms with Crippen LogP contribution in [0.3, 0.4) is 0 Å². The molecule has 0 aliphatic rings. The SMILES string of the molecule is CC(CNc1ccc(Br)cc1C#N)C(=O)O. The van der Waals surface area contributed by atoms with Crippen molar-refractivity contribution in [3.05, 3.63) is 28.2 Å². The fourth-order valence-electron chi connectivity index (χ4n) is 1.11. The molecule has 16 heavy (non-hydrogen) atoms. The van der Waals surface area contributed by atoms with Crippen LogP contribution >= 0.6 is 15.9 Å². The Morgan fingerprint density at radius 1 is 1.69 bits per heavy atom. The van der Waals surface area contributed by atoms with Crippen molar-refractivity contribution in [3.8, 4) is 6.07 Å². The van der Waals surface area contributed by atoms with Crippen molar-refractivity contribution in [3.63, 3.8) is 0 Å². The smallest absolute Gasteiger partial charge is 0.308 e. The second-order valence-electron chi connectivity index (χ2n) is 3.42. The average molecular weight is 283 g/mol. The van der Waals surface area contributed by atoms with Gasteiger partial charge in [-0.2, -0.15) is 5.26 Å². The van der Waals surface area contributed by atoms with Gasteiger partial charge in [0.25, 0.3) is 0 Å². The molecule has 1 atom stereocenters. The van der Waals surface area contributed by atoms with E-state index in [-0.39, 0.29) is 0 Å². The highest BCUT2D eigenvalue weighted by Crippen LogP contribution is 2.20. The average Bonchev–Trinajstić information content (AvgIpc) is 2.26. The van der Waals surface area contributed by atoms with E-state index in [0.717, 1.165) is 4.47 Å². The molecular formula is C11H11BrN2O2. The molecule has 1 aromatic carbocycles. The second-order valence-corrected chi connectivity index (χ2v) is 4.34. The maximum Gasteiger partial charge on any atom is 0.308 e. The minimum absolute atomic E-state index is 0.297. The Hall–Kier alpha value is -1.54. The summed E-state index contributed by atoms with van der Waals surface area (Å²) in [5.74, 6) is -1.35. The fourth-order valence-corrected chi connectivity index (χ4v) is 1.47. The van der Waals surface area contributed by atoms with Gasteiger partial charge in [-0.25, -0.2) is 0 Å². The lowest BCUT2D eigenvalue weighted by Gasteiger charge is -2.10. The van der Waals surface area contributed by atoms with Crippen LogP contribution in [-0.4, -0.2) is 17.6 Å². The first-order chi connectivity index (χ1) is 7.54. The molecule has 0 heterocycles. The first kappa shape index (κ1) is 12.5. The van der Waals surface area contributed by atoms with Gasteiger partial charge in [0, 0.05) is 11.0 Å². The van der Waals surface area contributed by atoms with Crippen LogP contribution in [0, 0.1) is 17.2 Å². The number of nitriles is 1. The van der Waals surface area contributed by atoms with E-state index in [4.69, 9.17) is 10.4 Å². The summed E-state index contributed by atoms with van der Waals surface area (Å²) in [5, 5.41) is 20.6. The molecule has 0 spiro atoms. The predicted octanol–water partition coefficient (Wildman–Crippen LogP) is 2.45. The van der Waals surface area contributed by atoms with Crippen LogP contribution in [-0.2, 0) is 4.79 Å². The zero-order chi connectivity index (χ0) is 12.1. The monoisotopic (exact) mass is 282 g/mol. The zero-order valence-electron chi connectivity index (χ0n) is 8.70. The molecular weight excluding hydrogens is 272 g/mol. The van der Waals surface area contributed by atoms with Gasteiger partial charge in [0.05, 0.1) is 17.2 Å². The Morgan fingerprint density at radius 3 is 2.94 bits per heavy atom. The Balaban J connectivity index is 2.75. The maximum atomic E-state index is 10.6. The van der Waals surface area contributed by atoms with Gasteiger partial charge in [-0.05, 0) is 18.2 Å². The van der Waals surface area contributed by atoms with Crippen LogP contribution in [0.15, 0.2) is 22.7 Å². The van der Waals surface area contributed by atoms with Gasteiger partial charge < -0.3 is 10.4 Å². The number of nitrogens with one attached hydrogen (secondary N) is 1. The van der Waals surface area contributed by atoms with E-state index in [0.29, 0.717) is 17.8 Å². The summed E-state index contributed by atoms with van der Waals surface area (Å²) >= 11 is 3.27. The van der Waals surface area contributed by atoms with Gasteiger partial charge in [-0.1, -0.05) is 22.9 Å². The van der Waals surface area contributed by atoms with Crippen molar-refractivity contribution < 1.29 is 9.90 Å². The molecule has 1 unspecified atom stereocenters. The molecule has 0 radical (unpaired) electrons. The molecule has 1 aromatic rings. The number of halogens is 1. The van der Waals surface area contributed by atoms with Crippen LogP contribution in [0.2, 0.25) is 0 Å². The lowest BCUT2D eigenvalue weighted by molar-refractivity contribution is -0.140. The van der Waals surface area contributed by atoms with E-state index in [1.54, 1.807) is 25.1 Å². The quantitative estimate of drug-likeness (QED) is 0.890. The summed E-state index contributed by atoms with van der Waals surface area (Å²) in [4.78, 5) is 10.6. The Labute approximate surface area is 102 Å². The fraction of sp³-hybridized carbons (Fsp3) is 0.273. The van der Waals surface area contributed by atoms with Crippen molar-refractivity contribution in [1.29, 1.82) is 5.26 Å². The molecule has 0 aliphatic carbocycles. The Bertz CT molecular complexity index is 440. The highest BCUT2D eigenvalue weighted by atomic mass is 79.9. The summed E-state index contributed by atoms with van der Waals surface area (Å²) < 4.78 is 0.820. The van der Waals surface area contributed by atoms with E-state index >= 15 is 0 Å². The van der Waals surface area contributed by atoms with Crippen molar-refractivity contribution >= 4 is 27.6 Å². The van der Waals surface area contributed by atoms with E-state index in [1.165, 1.54) is 0 Å². The molecule has 84 valence electrons. The number of carboxylic acid groups (broad SMARTS) is 1. The molecule has 2 N–H and O–H groups in total. The third kappa shape index (κ3) is 3.24. The van der Waals surface area contributed by atoms with E-state index in [2.05, 4.69) is 21.2 Å².